The zero-order chi connectivity index (χ0) is 22.6. The molecule has 0 radical (unpaired) electrons. The molecule has 1 amide bonds. The van der Waals surface area contributed by atoms with Gasteiger partial charge in [0.2, 0.25) is 22.3 Å². The molecule has 10 nitrogen and oxygen atoms in total. The van der Waals surface area contributed by atoms with Gasteiger partial charge in [0.25, 0.3) is 5.91 Å². The molecular weight excluding hydrogens is 436 g/mol. The lowest BCUT2D eigenvalue weighted by molar-refractivity contribution is -0.122. The highest BCUT2D eigenvalue weighted by atomic mass is 32.2. The maximum Gasteiger partial charge on any atom is 0.265 e. The summed E-state index contributed by atoms with van der Waals surface area (Å²) in [7, 11) is -3.58. The Labute approximate surface area is 185 Å². The van der Waals surface area contributed by atoms with E-state index < -0.39 is 16.1 Å². The Bertz CT molecular complexity index is 1140. The number of nitrogens with zero attached hydrogens (tertiary/aromatic N) is 3. The fourth-order valence-corrected chi connectivity index (χ4v) is 4.53. The van der Waals surface area contributed by atoms with Crippen molar-refractivity contribution in [3.63, 3.8) is 0 Å². The predicted octanol–water partition coefficient (Wildman–Crippen LogP) is 2.16. The molecule has 1 unspecified atom stereocenters. The number of sulfonamides is 1. The monoisotopic (exact) mass is 458 g/mol. The molecular formula is C21H22N4O6S. The van der Waals surface area contributed by atoms with Crippen LogP contribution in [0.5, 0.6) is 5.75 Å². The zero-order valence-corrected chi connectivity index (χ0v) is 18.1. The van der Waals surface area contributed by atoms with Crippen LogP contribution in [-0.2, 0) is 19.6 Å². The molecule has 168 valence electrons. The highest BCUT2D eigenvalue weighted by molar-refractivity contribution is 7.89. The first-order valence-corrected chi connectivity index (χ1v) is 11.4. The Morgan fingerprint density at radius 2 is 1.78 bits per heavy atom. The molecule has 0 saturated carbocycles. The normalized spacial score (nSPS) is 15.8. The van der Waals surface area contributed by atoms with Gasteiger partial charge in [-0.05, 0) is 55.5 Å². The van der Waals surface area contributed by atoms with Crippen LogP contribution < -0.4 is 10.1 Å². The molecule has 1 aromatic heterocycles. The van der Waals surface area contributed by atoms with Crippen LogP contribution in [0.25, 0.3) is 11.5 Å². The van der Waals surface area contributed by atoms with Crippen LogP contribution in [-0.4, -0.2) is 61.2 Å². The Hall–Kier alpha value is -3.28. The summed E-state index contributed by atoms with van der Waals surface area (Å²) < 4.78 is 42.8. The van der Waals surface area contributed by atoms with Gasteiger partial charge in [0, 0.05) is 24.3 Å². The van der Waals surface area contributed by atoms with E-state index in [9.17, 15) is 13.2 Å². The lowest BCUT2D eigenvalue weighted by Crippen LogP contribution is -2.40. The Morgan fingerprint density at radius 1 is 1.09 bits per heavy atom. The smallest absolute Gasteiger partial charge is 0.265 e. The van der Waals surface area contributed by atoms with Crippen LogP contribution in [0.4, 0.5) is 5.69 Å². The van der Waals surface area contributed by atoms with Crippen LogP contribution in [0.1, 0.15) is 6.92 Å². The Balaban J connectivity index is 1.35. The van der Waals surface area contributed by atoms with Gasteiger partial charge in [-0.1, -0.05) is 0 Å². The van der Waals surface area contributed by atoms with E-state index in [1.54, 1.807) is 43.3 Å². The number of aromatic nitrogens is 2. The predicted molar refractivity (Wildman–Crippen MR) is 114 cm³/mol. The molecule has 1 atom stereocenters. The third-order valence-electron chi connectivity index (χ3n) is 4.87. The van der Waals surface area contributed by atoms with Crippen molar-refractivity contribution in [1.29, 1.82) is 0 Å². The minimum Gasteiger partial charge on any atom is -0.481 e. The lowest BCUT2D eigenvalue weighted by atomic mass is 10.2. The van der Waals surface area contributed by atoms with Crippen molar-refractivity contribution in [2.75, 3.05) is 31.6 Å². The van der Waals surface area contributed by atoms with Crippen molar-refractivity contribution in [3.05, 3.63) is 54.9 Å². The summed E-state index contributed by atoms with van der Waals surface area (Å²) >= 11 is 0. The summed E-state index contributed by atoms with van der Waals surface area (Å²) in [4.78, 5) is 12.7. The number of anilines is 1. The second-order valence-corrected chi connectivity index (χ2v) is 9.00. The van der Waals surface area contributed by atoms with Crippen molar-refractivity contribution < 1.29 is 27.1 Å². The van der Waals surface area contributed by atoms with Gasteiger partial charge in [0.15, 0.2) is 6.10 Å². The number of carbonyl (C=O) groups excluding carboxylic acids is 1. The summed E-state index contributed by atoms with van der Waals surface area (Å²) in [5.41, 5.74) is 1.21. The second-order valence-electron chi connectivity index (χ2n) is 7.06. The van der Waals surface area contributed by atoms with Gasteiger partial charge < -0.3 is 19.2 Å². The molecule has 0 bridgehead atoms. The van der Waals surface area contributed by atoms with Gasteiger partial charge in [-0.15, -0.1) is 10.2 Å². The average molecular weight is 458 g/mol. The number of benzene rings is 2. The van der Waals surface area contributed by atoms with Gasteiger partial charge in [0.05, 0.1) is 18.1 Å². The van der Waals surface area contributed by atoms with E-state index in [1.807, 2.05) is 0 Å². The van der Waals surface area contributed by atoms with Gasteiger partial charge >= 0.3 is 0 Å². The number of nitrogens with one attached hydrogen (secondary N) is 1. The van der Waals surface area contributed by atoms with Crippen LogP contribution in [0.3, 0.4) is 0 Å². The minimum atomic E-state index is -3.58. The number of ether oxygens (including phenoxy) is 2. The van der Waals surface area contributed by atoms with Gasteiger partial charge in [-0.2, -0.15) is 4.31 Å². The fourth-order valence-electron chi connectivity index (χ4n) is 3.12. The third-order valence-corrected chi connectivity index (χ3v) is 6.79. The number of morpholine rings is 1. The van der Waals surface area contributed by atoms with E-state index in [4.69, 9.17) is 13.9 Å². The maximum atomic E-state index is 12.7. The molecule has 0 aliphatic carbocycles. The molecule has 2 heterocycles. The van der Waals surface area contributed by atoms with E-state index in [2.05, 4.69) is 15.5 Å². The summed E-state index contributed by atoms with van der Waals surface area (Å²) in [6, 6.07) is 13.0. The Morgan fingerprint density at radius 3 is 2.41 bits per heavy atom. The number of amides is 1. The first-order valence-electron chi connectivity index (χ1n) is 9.95. The van der Waals surface area contributed by atoms with Gasteiger partial charge in [-0.3, -0.25) is 4.79 Å². The summed E-state index contributed by atoms with van der Waals surface area (Å²) in [5.74, 6) is 0.527. The molecule has 11 heteroatoms. The molecule has 1 aliphatic heterocycles. The second kappa shape index (κ2) is 9.47. The molecule has 4 rings (SSSR count). The summed E-state index contributed by atoms with van der Waals surface area (Å²) in [6.45, 7) is 3.03. The minimum absolute atomic E-state index is 0.169. The average Bonchev–Trinajstić information content (AvgIpc) is 3.35. The molecule has 1 N–H and O–H groups in total. The summed E-state index contributed by atoms with van der Waals surface area (Å²) in [5, 5.41) is 10.2. The van der Waals surface area contributed by atoms with Crippen molar-refractivity contribution in [2.45, 2.75) is 17.9 Å². The van der Waals surface area contributed by atoms with Crippen LogP contribution in [0.2, 0.25) is 0 Å². The quantitative estimate of drug-likeness (QED) is 0.571. The van der Waals surface area contributed by atoms with Crippen LogP contribution in [0, 0.1) is 0 Å². The zero-order valence-electron chi connectivity index (χ0n) is 17.3. The first-order chi connectivity index (χ1) is 15.4. The SMILES string of the molecule is CC(Oc1ccc(-c2nnco2)cc1)C(=O)Nc1ccc(S(=O)(=O)N2CCOCC2)cc1. The molecule has 3 aromatic rings. The van der Waals surface area contributed by atoms with Crippen molar-refractivity contribution >= 4 is 21.6 Å². The Kier molecular flexibility index (Phi) is 6.49. The number of hydrogen-bond donors (Lipinski definition) is 1. The van der Waals surface area contributed by atoms with E-state index in [1.165, 1.54) is 22.8 Å². The number of carbonyl (C=O) groups is 1. The summed E-state index contributed by atoms with van der Waals surface area (Å²) in [6.07, 6.45) is 0.470. The largest absolute Gasteiger partial charge is 0.481 e. The van der Waals surface area contributed by atoms with Crippen molar-refractivity contribution in [3.8, 4) is 17.2 Å². The highest BCUT2D eigenvalue weighted by Crippen LogP contribution is 2.22. The number of hydrogen-bond acceptors (Lipinski definition) is 8. The number of rotatable bonds is 7. The van der Waals surface area contributed by atoms with E-state index >= 15 is 0 Å². The maximum absolute atomic E-state index is 12.7. The van der Waals surface area contributed by atoms with Crippen molar-refractivity contribution in [2.24, 2.45) is 0 Å². The lowest BCUT2D eigenvalue weighted by Gasteiger charge is -2.26. The van der Waals surface area contributed by atoms with Crippen molar-refractivity contribution in [1.82, 2.24) is 14.5 Å². The van der Waals surface area contributed by atoms with Gasteiger partial charge in [-0.25, -0.2) is 8.42 Å². The van der Waals surface area contributed by atoms with Crippen LogP contribution >= 0.6 is 0 Å². The third kappa shape index (κ3) is 4.96. The first kappa shape index (κ1) is 21.9. The molecule has 1 saturated heterocycles. The molecule has 0 spiro atoms. The standard InChI is InChI=1S/C21H22N4O6S/c1-15(31-18-6-2-16(3-7-18)21-24-22-14-30-21)20(26)23-17-4-8-19(9-5-17)32(27,28)25-10-12-29-13-11-25/h2-9,14-15H,10-13H2,1H3,(H,23,26). The molecule has 1 aliphatic rings. The van der Waals surface area contributed by atoms with E-state index in [-0.39, 0.29) is 10.8 Å². The van der Waals surface area contributed by atoms with Crippen LogP contribution in [0.15, 0.2) is 64.2 Å². The molecule has 32 heavy (non-hydrogen) atoms. The molecule has 2 aromatic carbocycles. The topological polar surface area (TPSA) is 124 Å². The van der Waals surface area contributed by atoms with Gasteiger partial charge in [0.1, 0.15) is 5.75 Å². The highest BCUT2D eigenvalue weighted by Gasteiger charge is 2.26. The van der Waals surface area contributed by atoms with E-state index in [0.717, 1.165) is 5.56 Å². The fraction of sp³-hybridized carbons (Fsp3) is 0.286. The molecule has 1 fully saturated rings. The van der Waals surface area contributed by atoms with E-state index in [0.29, 0.717) is 43.6 Å².